The molecular formula is C24H27NO4. The van der Waals surface area contributed by atoms with E-state index < -0.39 is 11.8 Å². The molecule has 5 heteroatoms. The zero-order valence-corrected chi connectivity index (χ0v) is 16.6. The van der Waals surface area contributed by atoms with Crippen molar-refractivity contribution in [3.05, 3.63) is 59.7 Å². The molecule has 1 saturated carbocycles. The Morgan fingerprint density at radius 1 is 0.931 bits per heavy atom. The molecule has 1 amide bonds. The van der Waals surface area contributed by atoms with Crippen molar-refractivity contribution in [2.24, 2.45) is 0 Å². The second-order valence-corrected chi connectivity index (χ2v) is 7.93. The maximum Gasteiger partial charge on any atom is 0.410 e. The van der Waals surface area contributed by atoms with Gasteiger partial charge in [0, 0.05) is 18.8 Å². The highest BCUT2D eigenvalue weighted by molar-refractivity contribution is 5.79. The summed E-state index contributed by atoms with van der Waals surface area (Å²) in [5.74, 6) is 0.00780. The lowest BCUT2D eigenvalue weighted by Gasteiger charge is -2.34. The van der Waals surface area contributed by atoms with Gasteiger partial charge in [0.2, 0.25) is 0 Å². The molecule has 2 aliphatic rings. The van der Waals surface area contributed by atoms with Crippen LogP contribution in [0.4, 0.5) is 4.79 Å². The summed E-state index contributed by atoms with van der Waals surface area (Å²) in [6.07, 6.45) is 5.88. The molecule has 0 spiro atoms. The molecule has 29 heavy (non-hydrogen) atoms. The van der Waals surface area contributed by atoms with Crippen LogP contribution in [0.1, 0.15) is 62.0 Å². The Kier molecular flexibility index (Phi) is 5.84. The van der Waals surface area contributed by atoms with Gasteiger partial charge in [0.1, 0.15) is 6.61 Å². The first kappa shape index (κ1) is 19.5. The fraction of sp³-hybridized carbons (Fsp3) is 0.417. The van der Waals surface area contributed by atoms with E-state index in [1.807, 2.05) is 24.3 Å². The quantitative estimate of drug-likeness (QED) is 0.564. The van der Waals surface area contributed by atoms with Crippen LogP contribution in [-0.2, 0) is 14.3 Å². The summed E-state index contributed by atoms with van der Waals surface area (Å²) in [6, 6.07) is 16.5. The molecule has 1 N–H and O–H groups in total. The monoisotopic (exact) mass is 393 g/mol. The van der Waals surface area contributed by atoms with E-state index in [0.29, 0.717) is 19.3 Å². The molecule has 2 aliphatic carbocycles. The van der Waals surface area contributed by atoms with Crippen LogP contribution in [0, 0.1) is 0 Å². The lowest BCUT2D eigenvalue weighted by atomic mass is 9.93. The highest BCUT2D eigenvalue weighted by Crippen LogP contribution is 2.44. The third-order valence-electron chi connectivity index (χ3n) is 6.11. The summed E-state index contributed by atoms with van der Waals surface area (Å²) in [5.41, 5.74) is 3.78. The fourth-order valence-corrected chi connectivity index (χ4v) is 4.66. The summed E-state index contributed by atoms with van der Waals surface area (Å²) >= 11 is 0. The molecule has 0 heterocycles. The van der Waals surface area contributed by atoms with E-state index in [-0.39, 0.29) is 12.5 Å². The zero-order chi connectivity index (χ0) is 20.1. The summed E-state index contributed by atoms with van der Waals surface area (Å²) in [5, 5.41) is 2.86. The van der Waals surface area contributed by atoms with Gasteiger partial charge in [-0.15, -0.1) is 0 Å². The molecule has 0 radical (unpaired) electrons. The predicted octanol–water partition coefficient (Wildman–Crippen LogP) is 5.14. The van der Waals surface area contributed by atoms with Gasteiger partial charge in [-0.25, -0.2) is 4.79 Å². The fourth-order valence-electron chi connectivity index (χ4n) is 4.66. The first-order valence-corrected chi connectivity index (χ1v) is 10.5. The Labute approximate surface area is 171 Å². The van der Waals surface area contributed by atoms with E-state index in [0.717, 1.165) is 25.7 Å². The number of alkyl carbamates (subject to hydrolysis) is 1. The van der Waals surface area contributed by atoms with Crippen molar-refractivity contribution in [1.82, 2.24) is 5.32 Å². The number of hydrogen-bond donors (Lipinski definition) is 1. The van der Waals surface area contributed by atoms with Gasteiger partial charge in [-0.2, -0.15) is 0 Å². The average Bonchev–Trinajstić information content (AvgIpc) is 3.03. The number of benzene rings is 2. The number of carbonyl (C=O) groups is 2. The van der Waals surface area contributed by atoms with Crippen LogP contribution in [0.5, 0.6) is 0 Å². The van der Waals surface area contributed by atoms with Crippen LogP contribution in [0.15, 0.2) is 48.5 Å². The van der Waals surface area contributed by atoms with E-state index in [4.69, 9.17) is 9.47 Å². The number of amides is 1. The van der Waals surface area contributed by atoms with Crippen molar-refractivity contribution >= 4 is 12.6 Å². The third kappa shape index (κ3) is 4.14. The summed E-state index contributed by atoms with van der Waals surface area (Å²) in [7, 11) is 0. The minimum atomic E-state index is -0.954. The summed E-state index contributed by atoms with van der Waals surface area (Å²) in [4.78, 5) is 23.7. The molecule has 2 aromatic carbocycles. The zero-order valence-electron chi connectivity index (χ0n) is 16.6. The highest BCUT2D eigenvalue weighted by Gasteiger charge is 2.35. The number of ether oxygens (including phenoxy) is 2. The second-order valence-electron chi connectivity index (χ2n) is 7.93. The molecule has 0 atom stereocenters. The topological polar surface area (TPSA) is 64.6 Å². The van der Waals surface area contributed by atoms with Gasteiger partial charge in [-0.1, -0.05) is 67.8 Å². The molecule has 0 unspecified atom stereocenters. The van der Waals surface area contributed by atoms with Crippen molar-refractivity contribution in [3.63, 3.8) is 0 Å². The molecule has 0 aromatic heterocycles. The van der Waals surface area contributed by atoms with E-state index in [2.05, 4.69) is 29.6 Å². The lowest BCUT2D eigenvalue weighted by molar-refractivity contribution is -0.149. The Balaban J connectivity index is 1.46. The number of rotatable bonds is 5. The maximum atomic E-state index is 12.6. The number of hydrogen-bond acceptors (Lipinski definition) is 4. The normalized spacial score (nSPS) is 17.9. The summed E-state index contributed by atoms with van der Waals surface area (Å²) in [6.45, 7) is 0.683. The molecule has 152 valence electrons. The van der Waals surface area contributed by atoms with Crippen LogP contribution in [-0.4, -0.2) is 24.9 Å². The van der Waals surface area contributed by atoms with Gasteiger partial charge in [0.05, 0.1) is 0 Å². The van der Waals surface area contributed by atoms with E-state index >= 15 is 0 Å². The second kappa shape index (κ2) is 8.68. The van der Waals surface area contributed by atoms with Gasteiger partial charge in [0.15, 0.2) is 5.72 Å². The Bertz CT molecular complexity index is 825. The van der Waals surface area contributed by atoms with Crippen molar-refractivity contribution in [1.29, 1.82) is 0 Å². The van der Waals surface area contributed by atoms with Crippen molar-refractivity contribution in [2.45, 2.75) is 56.6 Å². The van der Waals surface area contributed by atoms with Crippen LogP contribution in [0.25, 0.3) is 11.1 Å². The molecule has 1 fully saturated rings. The molecule has 2 aromatic rings. The summed E-state index contributed by atoms with van der Waals surface area (Å²) < 4.78 is 11.0. The average molecular weight is 393 g/mol. The smallest absolute Gasteiger partial charge is 0.410 e. The van der Waals surface area contributed by atoms with Gasteiger partial charge in [-0.05, 0) is 35.1 Å². The maximum absolute atomic E-state index is 12.6. The molecule has 0 saturated heterocycles. The van der Waals surface area contributed by atoms with Gasteiger partial charge in [-0.3, -0.25) is 10.1 Å². The van der Waals surface area contributed by atoms with E-state index in [1.54, 1.807) is 0 Å². The van der Waals surface area contributed by atoms with Crippen LogP contribution in [0.3, 0.4) is 0 Å². The van der Waals surface area contributed by atoms with Gasteiger partial charge >= 0.3 is 6.09 Å². The SMILES string of the molecule is O=COC1(NC(=O)OCC2c3ccccc3-c3ccccc32)CCCCCCC1. The van der Waals surface area contributed by atoms with Crippen molar-refractivity contribution in [3.8, 4) is 11.1 Å². The minimum Gasteiger partial charge on any atom is -0.448 e. The lowest BCUT2D eigenvalue weighted by Crippen LogP contribution is -2.51. The Hall–Kier alpha value is -2.82. The third-order valence-corrected chi connectivity index (χ3v) is 6.11. The minimum absolute atomic E-state index is 0.00780. The Morgan fingerprint density at radius 3 is 2.07 bits per heavy atom. The van der Waals surface area contributed by atoms with Crippen molar-refractivity contribution in [2.75, 3.05) is 6.61 Å². The first-order valence-electron chi connectivity index (χ1n) is 10.5. The molecule has 0 bridgehead atoms. The van der Waals surface area contributed by atoms with E-state index in [1.165, 1.54) is 28.7 Å². The standard InChI is InChI=1S/C24H27NO4/c26-17-29-24(14-8-2-1-3-9-15-24)25-23(27)28-16-22-20-12-6-4-10-18(20)19-11-5-7-13-21(19)22/h4-7,10-13,17,22H,1-3,8-9,14-16H2,(H,25,27). The Morgan fingerprint density at radius 2 is 1.48 bits per heavy atom. The van der Waals surface area contributed by atoms with Crippen LogP contribution in [0.2, 0.25) is 0 Å². The number of nitrogens with one attached hydrogen (secondary N) is 1. The molecule has 0 aliphatic heterocycles. The molecule has 5 nitrogen and oxygen atoms in total. The first-order chi connectivity index (χ1) is 14.2. The van der Waals surface area contributed by atoms with Crippen molar-refractivity contribution < 1.29 is 19.1 Å². The molecular weight excluding hydrogens is 366 g/mol. The number of carbonyl (C=O) groups excluding carboxylic acids is 2. The predicted molar refractivity (Wildman–Crippen MR) is 110 cm³/mol. The van der Waals surface area contributed by atoms with Crippen LogP contribution < -0.4 is 5.32 Å². The molecule has 4 rings (SSSR count). The van der Waals surface area contributed by atoms with Gasteiger partial charge in [0.25, 0.3) is 6.47 Å². The largest absolute Gasteiger partial charge is 0.448 e. The number of fused-ring (bicyclic) bond motifs is 3. The highest BCUT2D eigenvalue weighted by atomic mass is 16.6. The van der Waals surface area contributed by atoms with Gasteiger partial charge < -0.3 is 9.47 Å². The van der Waals surface area contributed by atoms with Crippen LogP contribution >= 0.6 is 0 Å². The van der Waals surface area contributed by atoms with E-state index in [9.17, 15) is 9.59 Å².